The van der Waals surface area contributed by atoms with Gasteiger partial charge in [-0.3, -0.25) is 5.32 Å². The molecular formula is C23H32N10O4S. The van der Waals surface area contributed by atoms with Crippen LogP contribution < -0.4 is 15.1 Å². The predicted molar refractivity (Wildman–Crippen MR) is 140 cm³/mol. The van der Waals surface area contributed by atoms with E-state index in [1.807, 2.05) is 6.07 Å². The van der Waals surface area contributed by atoms with Crippen LogP contribution in [0.2, 0.25) is 0 Å². The van der Waals surface area contributed by atoms with Crippen LogP contribution in [0.25, 0.3) is 0 Å². The molecule has 3 aromatic rings. The third-order valence-electron chi connectivity index (χ3n) is 7.07. The van der Waals surface area contributed by atoms with Crippen LogP contribution in [-0.4, -0.2) is 91.2 Å². The van der Waals surface area contributed by atoms with Crippen LogP contribution in [0.4, 0.5) is 22.7 Å². The minimum atomic E-state index is -1.12. The fourth-order valence-corrected chi connectivity index (χ4v) is 5.63. The van der Waals surface area contributed by atoms with E-state index < -0.39 is 11.6 Å². The Labute approximate surface area is 223 Å². The number of nitrogens with zero attached hydrogens (tertiary/aromatic N) is 8. The van der Waals surface area contributed by atoms with Gasteiger partial charge >= 0.3 is 5.97 Å². The summed E-state index contributed by atoms with van der Waals surface area (Å²) in [6.07, 6.45) is 2.63. The third-order valence-corrected chi connectivity index (χ3v) is 8.13. The number of tetrazole rings is 1. The van der Waals surface area contributed by atoms with Crippen LogP contribution in [0, 0.1) is 12.8 Å². The lowest BCUT2D eigenvalue weighted by Gasteiger charge is -2.37. The van der Waals surface area contributed by atoms with Crippen LogP contribution in [0.3, 0.4) is 0 Å². The molecule has 5 heterocycles. The number of hydrogen-bond acceptors (Lipinski definition) is 14. The number of aromatic nitrogens is 7. The Kier molecular flexibility index (Phi) is 7.67. The Morgan fingerprint density at radius 3 is 2.47 bits per heavy atom. The van der Waals surface area contributed by atoms with Crippen molar-refractivity contribution in [2.45, 2.75) is 45.1 Å². The average molecular weight is 545 g/mol. The monoisotopic (exact) mass is 544 g/mol. The number of aryl methyl sites for hydroxylation is 1. The molecule has 14 nitrogen and oxygen atoms in total. The highest BCUT2D eigenvalue weighted by Gasteiger charge is 2.38. The summed E-state index contributed by atoms with van der Waals surface area (Å²) in [5.74, 6) is 2.12. The maximum Gasteiger partial charge on any atom is 0.350 e. The van der Waals surface area contributed by atoms with Gasteiger partial charge in [-0.15, -0.1) is 5.10 Å². The molecule has 0 spiro atoms. The van der Waals surface area contributed by atoms with Crippen LogP contribution in [0.5, 0.6) is 0 Å². The number of aromatic amines is 1. The van der Waals surface area contributed by atoms with Gasteiger partial charge in [-0.05, 0) is 43.0 Å². The molecule has 4 N–H and O–H groups in total. The fourth-order valence-electron chi connectivity index (χ4n) is 4.78. The zero-order chi connectivity index (χ0) is 26.7. The summed E-state index contributed by atoms with van der Waals surface area (Å²) in [6.45, 7) is 6.66. The molecule has 0 unspecified atom stereocenters. The van der Waals surface area contributed by atoms with Gasteiger partial charge in [0.05, 0.1) is 12.3 Å². The number of ether oxygens (including phenoxy) is 1. The van der Waals surface area contributed by atoms with Gasteiger partial charge < -0.3 is 24.7 Å². The number of carbonyl (C=O) groups excluding carboxylic acids is 1. The second-order valence-corrected chi connectivity index (χ2v) is 10.6. The number of aliphatic hydroxyl groups is 2. The molecule has 2 saturated heterocycles. The lowest BCUT2D eigenvalue weighted by atomic mass is 9.91. The van der Waals surface area contributed by atoms with Crippen molar-refractivity contribution in [1.29, 1.82) is 0 Å². The molecule has 5 rings (SSSR count). The van der Waals surface area contributed by atoms with Crippen molar-refractivity contribution in [3.8, 4) is 0 Å². The van der Waals surface area contributed by atoms with E-state index in [0.29, 0.717) is 65.9 Å². The summed E-state index contributed by atoms with van der Waals surface area (Å²) >= 11 is 1.20. The molecule has 15 heteroatoms. The van der Waals surface area contributed by atoms with E-state index in [9.17, 15) is 15.0 Å². The molecule has 204 valence electrons. The Balaban J connectivity index is 1.39. The molecule has 2 aliphatic rings. The van der Waals surface area contributed by atoms with Gasteiger partial charge in [0.1, 0.15) is 22.1 Å². The van der Waals surface area contributed by atoms with Crippen molar-refractivity contribution in [2.24, 2.45) is 5.92 Å². The van der Waals surface area contributed by atoms with E-state index in [0.717, 1.165) is 37.6 Å². The summed E-state index contributed by atoms with van der Waals surface area (Å²) < 4.78 is 5.14. The summed E-state index contributed by atoms with van der Waals surface area (Å²) in [4.78, 5) is 31.0. The second-order valence-electron chi connectivity index (χ2n) is 9.57. The van der Waals surface area contributed by atoms with Crippen LogP contribution in [0.1, 0.15) is 53.8 Å². The molecule has 0 radical (unpaired) electrons. The van der Waals surface area contributed by atoms with Crippen molar-refractivity contribution in [3.63, 3.8) is 0 Å². The van der Waals surface area contributed by atoms with Crippen LogP contribution in [-0.2, 0) is 10.3 Å². The number of carbonyl (C=O) groups is 1. The average Bonchev–Trinajstić information content (AvgIpc) is 3.60. The summed E-state index contributed by atoms with van der Waals surface area (Å²) in [6, 6.07) is 1.96. The molecule has 0 aliphatic carbocycles. The van der Waals surface area contributed by atoms with Gasteiger partial charge in [0.2, 0.25) is 5.95 Å². The Morgan fingerprint density at radius 2 is 1.87 bits per heavy atom. The normalized spacial score (nSPS) is 18.0. The zero-order valence-electron chi connectivity index (χ0n) is 21.4. The molecule has 38 heavy (non-hydrogen) atoms. The second kappa shape index (κ2) is 11.1. The summed E-state index contributed by atoms with van der Waals surface area (Å²) in [7, 11) is 0. The summed E-state index contributed by atoms with van der Waals surface area (Å²) in [5.41, 5.74) is -0.541. The number of H-pyrrole nitrogens is 1. The highest BCUT2D eigenvalue weighted by atomic mass is 32.1. The molecular weight excluding hydrogens is 512 g/mol. The highest BCUT2D eigenvalue weighted by Crippen LogP contribution is 2.34. The Morgan fingerprint density at radius 1 is 1.18 bits per heavy atom. The number of hydrogen-bond donors (Lipinski definition) is 4. The molecule has 0 aromatic carbocycles. The molecule has 0 atom stereocenters. The molecule has 2 aliphatic heterocycles. The van der Waals surface area contributed by atoms with Gasteiger partial charge in [0, 0.05) is 51.7 Å². The van der Waals surface area contributed by atoms with E-state index in [1.54, 1.807) is 13.8 Å². The Hall–Kier alpha value is -3.43. The first-order valence-corrected chi connectivity index (χ1v) is 13.6. The SMILES string of the molecule is CCOC(=O)c1sc(Nc2nc(N3CCC(CO)CC3)cc(N3CCC(O)(c4nnn[nH]4)CC3)n2)nc1C. The highest BCUT2D eigenvalue weighted by molar-refractivity contribution is 7.17. The van der Waals surface area contributed by atoms with Gasteiger partial charge in [0.25, 0.3) is 0 Å². The van der Waals surface area contributed by atoms with Crippen molar-refractivity contribution in [2.75, 3.05) is 54.5 Å². The van der Waals surface area contributed by atoms with Crippen molar-refractivity contribution < 1.29 is 19.7 Å². The number of rotatable bonds is 8. The van der Waals surface area contributed by atoms with Crippen molar-refractivity contribution in [3.05, 3.63) is 22.5 Å². The maximum atomic E-state index is 12.3. The number of piperidine rings is 2. The van der Waals surface area contributed by atoms with Crippen molar-refractivity contribution >= 4 is 40.0 Å². The van der Waals surface area contributed by atoms with E-state index in [2.05, 4.69) is 40.7 Å². The molecule has 2 fully saturated rings. The number of nitrogens with one attached hydrogen (secondary N) is 2. The summed E-state index contributed by atoms with van der Waals surface area (Å²) in [5, 5.41) is 38.1. The minimum absolute atomic E-state index is 0.194. The number of esters is 1. The van der Waals surface area contributed by atoms with Crippen molar-refractivity contribution in [1.82, 2.24) is 35.6 Å². The van der Waals surface area contributed by atoms with Gasteiger partial charge in [-0.1, -0.05) is 11.3 Å². The van der Waals surface area contributed by atoms with Crippen LogP contribution >= 0.6 is 11.3 Å². The van der Waals surface area contributed by atoms with Gasteiger partial charge in [0.15, 0.2) is 11.0 Å². The smallest absolute Gasteiger partial charge is 0.350 e. The topological polar surface area (TPSA) is 178 Å². The van der Waals surface area contributed by atoms with Gasteiger partial charge in [-0.25, -0.2) is 14.9 Å². The lowest BCUT2D eigenvalue weighted by molar-refractivity contribution is 0.00307. The number of thiazole rings is 1. The number of anilines is 4. The maximum absolute atomic E-state index is 12.3. The number of aliphatic hydroxyl groups excluding tert-OH is 1. The molecule has 0 saturated carbocycles. The van der Waals surface area contributed by atoms with E-state index >= 15 is 0 Å². The molecule has 0 amide bonds. The minimum Gasteiger partial charge on any atom is -0.462 e. The first-order chi connectivity index (χ1) is 18.4. The predicted octanol–water partition coefficient (Wildman–Crippen LogP) is 1.37. The third kappa shape index (κ3) is 5.54. The molecule has 0 bridgehead atoms. The first-order valence-electron chi connectivity index (χ1n) is 12.8. The fraction of sp³-hybridized carbons (Fsp3) is 0.609. The van der Waals surface area contributed by atoms with Gasteiger partial charge in [-0.2, -0.15) is 9.97 Å². The lowest BCUT2D eigenvalue weighted by Crippen LogP contribution is -2.44. The standard InChI is InChI=1S/C23H32N10O4S/c1-3-37-19(35)18-14(2)24-22(38-18)27-21-25-16(32-8-4-15(13-34)5-9-32)12-17(26-21)33-10-6-23(36,7-11-33)20-28-30-31-29-20/h12,15,34,36H,3-11,13H2,1-2H3,(H,24,25,26,27)(H,28,29,30,31). The van der Waals surface area contributed by atoms with E-state index in [1.165, 1.54) is 11.3 Å². The Bertz CT molecular complexity index is 1240. The zero-order valence-corrected chi connectivity index (χ0v) is 22.2. The molecule has 3 aromatic heterocycles. The van der Waals surface area contributed by atoms with E-state index in [4.69, 9.17) is 14.7 Å². The quantitative estimate of drug-likeness (QED) is 0.299. The van der Waals surface area contributed by atoms with Crippen LogP contribution in [0.15, 0.2) is 6.07 Å². The largest absolute Gasteiger partial charge is 0.462 e. The first kappa shape index (κ1) is 26.2. The van der Waals surface area contributed by atoms with E-state index in [-0.39, 0.29) is 6.61 Å².